The molecule has 1 aliphatic carbocycles. The Hall–Kier alpha value is -0.860. The van der Waals surface area contributed by atoms with E-state index < -0.39 is 6.10 Å². The summed E-state index contributed by atoms with van der Waals surface area (Å²) in [5, 5.41) is 14.2. The van der Waals surface area contributed by atoms with Gasteiger partial charge in [-0.3, -0.25) is 0 Å². The van der Waals surface area contributed by atoms with E-state index in [1.807, 2.05) is 0 Å². The van der Waals surface area contributed by atoms with Crippen LogP contribution in [0.5, 0.6) is 0 Å². The number of hydrogen-bond acceptors (Lipinski definition) is 2. The summed E-state index contributed by atoms with van der Waals surface area (Å²) in [6, 6.07) is 9.07. The molecule has 0 amide bonds. The van der Waals surface area contributed by atoms with Crippen molar-refractivity contribution in [3.05, 3.63) is 35.4 Å². The minimum atomic E-state index is -0.430. The van der Waals surface area contributed by atoms with Crippen molar-refractivity contribution in [2.24, 2.45) is 5.92 Å². The maximum Gasteiger partial charge on any atom is 0.0940 e. The van der Waals surface area contributed by atoms with Crippen LogP contribution in [0.3, 0.4) is 0 Å². The van der Waals surface area contributed by atoms with E-state index in [4.69, 9.17) is 0 Å². The Morgan fingerprint density at radius 2 is 1.57 bits per heavy atom. The van der Waals surface area contributed by atoms with Gasteiger partial charge in [-0.1, -0.05) is 57.9 Å². The Kier molecular flexibility index (Phi) is 5.83. The molecule has 4 unspecified atom stereocenters. The minimum absolute atomic E-state index is 0.0976. The van der Waals surface area contributed by atoms with E-state index in [1.165, 1.54) is 31.2 Å². The van der Waals surface area contributed by atoms with E-state index in [-0.39, 0.29) is 6.04 Å². The van der Waals surface area contributed by atoms with Gasteiger partial charge in [0.25, 0.3) is 0 Å². The highest BCUT2D eigenvalue weighted by Crippen LogP contribution is 2.26. The van der Waals surface area contributed by atoms with Crippen molar-refractivity contribution in [3.63, 3.8) is 0 Å². The first kappa shape index (κ1) is 16.5. The summed E-state index contributed by atoms with van der Waals surface area (Å²) < 4.78 is 0. The molecule has 0 spiro atoms. The van der Waals surface area contributed by atoms with E-state index in [1.54, 1.807) is 0 Å². The Morgan fingerprint density at radius 1 is 1.00 bits per heavy atom. The summed E-state index contributed by atoms with van der Waals surface area (Å²) in [6.07, 6.45) is 4.79. The third kappa shape index (κ3) is 4.31. The van der Waals surface area contributed by atoms with E-state index in [9.17, 15) is 5.11 Å². The Bertz CT molecular complexity index is 426. The number of rotatable bonds is 5. The molecule has 2 nitrogen and oxygen atoms in total. The molecular weight excluding hydrogens is 258 g/mol. The maximum atomic E-state index is 10.6. The summed E-state index contributed by atoms with van der Waals surface area (Å²) in [6.45, 7) is 8.82. The average Bonchev–Trinajstić information content (AvgIpc) is 2.49. The number of hydrogen-bond donors (Lipinski definition) is 2. The van der Waals surface area contributed by atoms with Crippen LogP contribution in [0.2, 0.25) is 0 Å². The van der Waals surface area contributed by atoms with Crippen LogP contribution in [-0.2, 0) is 0 Å². The molecule has 0 bridgehead atoms. The van der Waals surface area contributed by atoms with Crippen molar-refractivity contribution in [2.45, 2.75) is 77.5 Å². The molecule has 0 heterocycles. The van der Waals surface area contributed by atoms with Gasteiger partial charge in [-0.05, 0) is 42.7 Å². The van der Waals surface area contributed by atoms with Crippen molar-refractivity contribution in [3.8, 4) is 0 Å². The quantitative estimate of drug-likeness (QED) is 0.842. The first-order chi connectivity index (χ1) is 9.99. The predicted octanol–water partition coefficient (Wildman–Crippen LogP) is 4.40. The zero-order chi connectivity index (χ0) is 15.4. The molecule has 0 aliphatic heterocycles. The Balaban J connectivity index is 1.96. The second kappa shape index (κ2) is 7.42. The van der Waals surface area contributed by atoms with Gasteiger partial charge in [0.15, 0.2) is 0 Å². The van der Waals surface area contributed by atoms with Crippen LogP contribution in [0, 0.1) is 5.92 Å². The molecule has 1 aromatic rings. The van der Waals surface area contributed by atoms with Crippen molar-refractivity contribution in [2.75, 3.05) is 0 Å². The van der Waals surface area contributed by atoms with Gasteiger partial charge in [0.2, 0.25) is 0 Å². The summed E-state index contributed by atoms with van der Waals surface area (Å²) in [5.41, 5.74) is 2.34. The van der Waals surface area contributed by atoms with E-state index >= 15 is 0 Å². The lowest BCUT2D eigenvalue weighted by Crippen LogP contribution is -2.44. The molecule has 1 saturated carbocycles. The Morgan fingerprint density at radius 3 is 2.14 bits per heavy atom. The third-order valence-corrected chi connectivity index (χ3v) is 5.01. The fourth-order valence-electron chi connectivity index (χ4n) is 3.36. The van der Waals surface area contributed by atoms with Crippen molar-refractivity contribution < 1.29 is 5.11 Å². The molecule has 0 radical (unpaired) electrons. The monoisotopic (exact) mass is 289 g/mol. The third-order valence-electron chi connectivity index (χ3n) is 5.01. The van der Waals surface area contributed by atoms with Crippen LogP contribution in [0.15, 0.2) is 24.3 Å². The van der Waals surface area contributed by atoms with Gasteiger partial charge in [0, 0.05) is 12.1 Å². The average molecular weight is 289 g/mol. The fraction of sp³-hybridized carbons (Fsp3) is 0.684. The number of aliphatic hydroxyl groups is 1. The first-order valence-corrected chi connectivity index (χ1v) is 8.53. The molecule has 1 aliphatic rings. The van der Waals surface area contributed by atoms with Gasteiger partial charge < -0.3 is 10.4 Å². The second-order valence-electron chi connectivity index (χ2n) is 7.09. The summed E-state index contributed by atoms with van der Waals surface area (Å²) in [7, 11) is 0. The largest absolute Gasteiger partial charge is 0.387 e. The molecular formula is C19H31NO. The molecule has 2 N–H and O–H groups in total. The lowest BCUT2D eigenvalue weighted by Gasteiger charge is -2.33. The molecule has 2 heteroatoms. The van der Waals surface area contributed by atoms with Crippen LogP contribution in [0.1, 0.15) is 76.5 Å². The molecule has 1 fully saturated rings. The van der Waals surface area contributed by atoms with Crippen molar-refractivity contribution in [1.82, 2.24) is 5.32 Å². The zero-order valence-corrected chi connectivity index (χ0v) is 14.0. The molecule has 0 saturated heterocycles. The van der Waals surface area contributed by atoms with Gasteiger partial charge in [0.05, 0.1) is 6.10 Å². The van der Waals surface area contributed by atoms with Gasteiger partial charge in [0.1, 0.15) is 0 Å². The zero-order valence-electron chi connectivity index (χ0n) is 14.0. The van der Waals surface area contributed by atoms with Crippen molar-refractivity contribution >= 4 is 0 Å². The SMILES string of the molecule is CC(C)c1ccc(C(O)C(C)NC2CCCCC2C)cc1. The molecule has 118 valence electrons. The predicted molar refractivity (Wildman–Crippen MR) is 89.5 cm³/mol. The summed E-state index contributed by atoms with van der Waals surface area (Å²) >= 11 is 0. The molecule has 4 atom stereocenters. The van der Waals surface area contributed by atoms with Gasteiger partial charge >= 0.3 is 0 Å². The maximum absolute atomic E-state index is 10.6. The standard InChI is InChI=1S/C19H31NO/c1-13(2)16-9-11-17(12-10-16)19(21)15(4)20-18-8-6-5-7-14(18)3/h9-15,18-21H,5-8H2,1-4H3. The topological polar surface area (TPSA) is 32.3 Å². The summed E-state index contributed by atoms with van der Waals surface area (Å²) in [4.78, 5) is 0. The van der Waals surface area contributed by atoms with Crippen LogP contribution in [-0.4, -0.2) is 17.2 Å². The van der Waals surface area contributed by atoms with Crippen LogP contribution >= 0.6 is 0 Å². The van der Waals surface area contributed by atoms with E-state index in [0.717, 1.165) is 11.5 Å². The second-order valence-corrected chi connectivity index (χ2v) is 7.09. The molecule has 1 aromatic carbocycles. The lowest BCUT2D eigenvalue weighted by atomic mass is 9.85. The highest BCUT2D eigenvalue weighted by atomic mass is 16.3. The normalized spacial score (nSPS) is 25.8. The highest BCUT2D eigenvalue weighted by molar-refractivity contribution is 5.26. The van der Waals surface area contributed by atoms with Gasteiger partial charge in [-0.25, -0.2) is 0 Å². The van der Waals surface area contributed by atoms with Gasteiger partial charge in [-0.2, -0.15) is 0 Å². The van der Waals surface area contributed by atoms with E-state index in [0.29, 0.717) is 12.0 Å². The van der Waals surface area contributed by atoms with E-state index in [2.05, 4.69) is 57.3 Å². The van der Waals surface area contributed by atoms with Crippen LogP contribution < -0.4 is 5.32 Å². The number of nitrogens with one attached hydrogen (secondary N) is 1. The minimum Gasteiger partial charge on any atom is -0.387 e. The lowest BCUT2D eigenvalue weighted by molar-refractivity contribution is 0.117. The molecule has 0 aromatic heterocycles. The van der Waals surface area contributed by atoms with Crippen LogP contribution in [0.4, 0.5) is 0 Å². The summed E-state index contributed by atoms with van der Waals surface area (Å²) in [5.74, 6) is 1.26. The molecule has 2 rings (SSSR count). The van der Waals surface area contributed by atoms with Gasteiger partial charge in [-0.15, -0.1) is 0 Å². The first-order valence-electron chi connectivity index (χ1n) is 8.53. The fourth-order valence-corrected chi connectivity index (χ4v) is 3.36. The number of benzene rings is 1. The smallest absolute Gasteiger partial charge is 0.0940 e. The number of aliphatic hydroxyl groups excluding tert-OH is 1. The van der Waals surface area contributed by atoms with Crippen molar-refractivity contribution in [1.29, 1.82) is 0 Å². The Labute approximate surface area is 130 Å². The van der Waals surface area contributed by atoms with Crippen LogP contribution in [0.25, 0.3) is 0 Å². The molecule has 21 heavy (non-hydrogen) atoms. The highest BCUT2D eigenvalue weighted by Gasteiger charge is 2.25.